The first kappa shape index (κ1) is 11.5. The minimum atomic E-state index is 0.476. The number of anilines is 2. The molecule has 4 heteroatoms. The molecule has 2 N–H and O–H groups in total. The molecule has 1 heterocycles. The average Bonchev–Trinajstić information content (AvgIpc) is 2.88. The first-order valence-corrected chi connectivity index (χ1v) is 6.15. The summed E-state index contributed by atoms with van der Waals surface area (Å²) in [7, 11) is 0. The van der Waals surface area contributed by atoms with Crippen molar-refractivity contribution in [2.75, 3.05) is 17.5 Å². The van der Waals surface area contributed by atoms with Crippen molar-refractivity contribution in [2.24, 2.45) is 0 Å². The first-order chi connectivity index (χ1) is 9.40. The highest BCUT2D eigenvalue weighted by molar-refractivity contribution is 5.47. The van der Waals surface area contributed by atoms with E-state index in [9.17, 15) is 0 Å². The molecule has 0 atom stereocenters. The van der Waals surface area contributed by atoms with Gasteiger partial charge in [-0.15, -0.1) is 0 Å². The van der Waals surface area contributed by atoms with Crippen LogP contribution in [0.5, 0.6) is 0 Å². The van der Waals surface area contributed by atoms with Gasteiger partial charge in [0.05, 0.1) is 11.9 Å². The topological polar surface area (TPSA) is 36.5 Å². The summed E-state index contributed by atoms with van der Waals surface area (Å²) in [6.07, 6.45) is 1.90. The maximum absolute atomic E-state index is 5.56. The molecule has 0 bridgehead atoms. The number of para-hydroxylation sites is 2. The summed E-state index contributed by atoms with van der Waals surface area (Å²) in [5, 5.41) is 5.10. The van der Waals surface area contributed by atoms with E-state index in [4.69, 9.17) is 4.74 Å². The molecule has 96 valence electrons. The van der Waals surface area contributed by atoms with Crippen LogP contribution in [0.2, 0.25) is 0 Å². The smallest absolute Gasteiger partial charge is 0.211 e. The van der Waals surface area contributed by atoms with Crippen LogP contribution >= 0.6 is 0 Å². The van der Waals surface area contributed by atoms with Crippen LogP contribution in [0.3, 0.4) is 0 Å². The van der Waals surface area contributed by atoms with Crippen LogP contribution in [-0.2, 0) is 4.74 Å². The molecular weight excluding hydrogens is 238 g/mol. The van der Waals surface area contributed by atoms with E-state index >= 15 is 0 Å². The van der Waals surface area contributed by atoms with Crippen LogP contribution in [-0.4, -0.2) is 11.7 Å². The number of benzene rings is 2. The van der Waals surface area contributed by atoms with Gasteiger partial charge in [-0.05, 0) is 24.3 Å². The second kappa shape index (κ2) is 5.35. The highest BCUT2D eigenvalue weighted by atomic mass is 16.5. The standard InChI is InChI=1S/C15H15N3O/c1-3-7-13(8-4-1)16-15-11-18(12-19-15)17-14-9-5-2-6-10-14/h1-11,16-17H,12H2. The van der Waals surface area contributed by atoms with Crippen molar-refractivity contribution in [1.82, 2.24) is 5.01 Å². The lowest BCUT2D eigenvalue weighted by atomic mass is 10.3. The fourth-order valence-electron chi connectivity index (χ4n) is 1.83. The van der Waals surface area contributed by atoms with Crippen LogP contribution in [0.4, 0.5) is 11.4 Å². The molecule has 1 aliphatic rings. The molecule has 0 spiro atoms. The van der Waals surface area contributed by atoms with E-state index in [0.29, 0.717) is 6.73 Å². The SMILES string of the molecule is C1=C(Nc2ccccc2)OCN1Nc1ccccc1. The first-order valence-electron chi connectivity index (χ1n) is 6.15. The van der Waals surface area contributed by atoms with Crippen LogP contribution < -0.4 is 10.7 Å². The Kier molecular flexibility index (Phi) is 3.23. The molecule has 2 aromatic carbocycles. The van der Waals surface area contributed by atoms with Gasteiger partial charge in [0.1, 0.15) is 0 Å². The Morgan fingerprint density at radius 3 is 2.16 bits per heavy atom. The minimum Gasteiger partial charge on any atom is -0.455 e. The molecule has 0 aliphatic carbocycles. The van der Waals surface area contributed by atoms with E-state index in [1.165, 1.54) is 0 Å². The Bertz CT molecular complexity index is 554. The predicted molar refractivity (Wildman–Crippen MR) is 76.0 cm³/mol. The van der Waals surface area contributed by atoms with Crippen molar-refractivity contribution in [2.45, 2.75) is 0 Å². The third-order valence-electron chi connectivity index (χ3n) is 2.72. The fraction of sp³-hybridized carbons (Fsp3) is 0.0667. The third-order valence-corrected chi connectivity index (χ3v) is 2.72. The largest absolute Gasteiger partial charge is 0.455 e. The Balaban J connectivity index is 1.62. The van der Waals surface area contributed by atoms with Gasteiger partial charge in [0, 0.05) is 5.69 Å². The summed E-state index contributed by atoms with van der Waals surface area (Å²) in [6, 6.07) is 19.9. The van der Waals surface area contributed by atoms with Gasteiger partial charge in [0.15, 0.2) is 6.73 Å². The van der Waals surface area contributed by atoms with Gasteiger partial charge in [-0.25, -0.2) is 0 Å². The number of ether oxygens (including phenoxy) is 1. The molecule has 3 rings (SSSR count). The molecule has 0 fully saturated rings. The maximum Gasteiger partial charge on any atom is 0.211 e. The van der Waals surface area contributed by atoms with Gasteiger partial charge >= 0.3 is 0 Å². The van der Waals surface area contributed by atoms with E-state index < -0.39 is 0 Å². The average molecular weight is 253 g/mol. The van der Waals surface area contributed by atoms with Gasteiger partial charge in [-0.3, -0.25) is 10.4 Å². The van der Waals surface area contributed by atoms with Gasteiger partial charge in [-0.2, -0.15) is 0 Å². The number of nitrogens with one attached hydrogen (secondary N) is 2. The zero-order valence-electron chi connectivity index (χ0n) is 10.4. The molecule has 0 saturated carbocycles. The fourth-order valence-corrected chi connectivity index (χ4v) is 1.83. The van der Waals surface area contributed by atoms with Gasteiger partial charge in [-0.1, -0.05) is 36.4 Å². The maximum atomic E-state index is 5.56. The number of hydrogen-bond donors (Lipinski definition) is 2. The zero-order chi connectivity index (χ0) is 12.9. The van der Waals surface area contributed by atoms with Gasteiger partial charge < -0.3 is 10.1 Å². The highest BCUT2D eigenvalue weighted by Crippen LogP contribution is 2.16. The summed E-state index contributed by atoms with van der Waals surface area (Å²) in [5.74, 6) is 0.731. The number of rotatable bonds is 4. The van der Waals surface area contributed by atoms with Crippen molar-refractivity contribution in [3.05, 3.63) is 72.7 Å². The lowest BCUT2D eigenvalue weighted by molar-refractivity contribution is 0.171. The number of hydrogen-bond acceptors (Lipinski definition) is 4. The number of nitrogens with zero attached hydrogens (tertiary/aromatic N) is 1. The lowest BCUT2D eigenvalue weighted by Gasteiger charge is -2.15. The van der Waals surface area contributed by atoms with E-state index in [1.54, 1.807) is 0 Å². The van der Waals surface area contributed by atoms with E-state index in [1.807, 2.05) is 71.9 Å². The summed E-state index contributed by atoms with van der Waals surface area (Å²) < 4.78 is 5.56. The Morgan fingerprint density at radius 1 is 0.842 bits per heavy atom. The van der Waals surface area contributed by atoms with E-state index in [0.717, 1.165) is 17.3 Å². The molecule has 0 unspecified atom stereocenters. The molecular formula is C15H15N3O. The summed E-state index contributed by atoms with van der Waals surface area (Å²) in [4.78, 5) is 0. The summed E-state index contributed by atoms with van der Waals surface area (Å²) >= 11 is 0. The van der Waals surface area contributed by atoms with Crippen molar-refractivity contribution in [1.29, 1.82) is 0 Å². The minimum absolute atomic E-state index is 0.476. The van der Waals surface area contributed by atoms with Crippen molar-refractivity contribution >= 4 is 11.4 Å². The Hall–Kier alpha value is -2.62. The van der Waals surface area contributed by atoms with Crippen LogP contribution in [0.25, 0.3) is 0 Å². The highest BCUT2D eigenvalue weighted by Gasteiger charge is 2.13. The zero-order valence-corrected chi connectivity index (χ0v) is 10.4. The Morgan fingerprint density at radius 2 is 1.47 bits per heavy atom. The van der Waals surface area contributed by atoms with Crippen molar-refractivity contribution in [3.63, 3.8) is 0 Å². The molecule has 0 amide bonds. The molecule has 19 heavy (non-hydrogen) atoms. The second-order valence-electron chi connectivity index (χ2n) is 4.21. The second-order valence-corrected chi connectivity index (χ2v) is 4.21. The lowest BCUT2D eigenvalue weighted by Crippen LogP contribution is -2.22. The monoisotopic (exact) mass is 253 g/mol. The molecule has 2 aromatic rings. The number of hydrazine groups is 1. The summed E-state index contributed by atoms with van der Waals surface area (Å²) in [5.41, 5.74) is 5.29. The molecule has 0 saturated heterocycles. The van der Waals surface area contributed by atoms with Gasteiger partial charge in [0.25, 0.3) is 0 Å². The molecule has 1 aliphatic heterocycles. The summed E-state index contributed by atoms with van der Waals surface area (Å²) in [6.45, 7) is 0.476. The molecule has 0 aromatic heterocycles. The third kappa shape index (κ3) is 2.98. The van der Waals surface area contributed by atoms with E-state index in [-0.39, 0.29) is 0 Å². The van der Waals surface area contributed by atoms with E-state index in [2.05, 4.69) is 10.7 Å². The van der Waals surface area contributed by atoms with Crippen LogP contribution in [0, 0.1) is 0 Å². The quantitative estimate of drug-likeness (QED) is 0.877. The molecule has 0 radical (unpaired) electrons. The predicted octanol–water partition coefficient (Wildman–Crippen LogP) is 3.21. The van der Waals surface area contributed by atoms with Crippen LogP contribution in [0.15, 0.2) is 72.7 Å². The van der Waals surface area contributed by atoms with Crippen LogP contribution in [0.1, 0.15) is 0 Å². The van der Waals surface area contributed by atoms with Crippen molar-refractivity contribution in [3.8, 4) is 0 Å². The van der Waals surface area contributed by atoms with Gasteiger partial charge in [0.2, 0.25) is 5.88 Å². The normalized spacial score (nSPS) is 13.7. The molecule has 4 nitrogen and oxygen atoms in total. The Labute approximate surface area is 112 Å². The van der Waals surface area contributed by atoms with Crippen molar-refractivity contribution < 1.29 is 4.74 Å².